The Hall–Kier alpha value is -2.57. The Morgan fingerprint density at radius 1 is 1.14 bits per heavy atom. The van der Waals surface area contributed by atoms with Crippen LogP contribution in [0.25, 0.3) is 0 Å². The molecule has 2 aromatic heterocycles. The lowest BCUT2D eigenvalue weighted by Crippen LogP contribution is -2.38. The lowest BCUT2D eigenvalue weighted by atomic mass is 10.1. The molecule has 7 nitrogen and oxygen atoms in total. The Balaban J connectivity index is 1.51. The summed E-state index contributed by atoms with van der Waals surface area (Å²) in [5.74, 6) is 1.94. The maximum atomic E-state index is 4.76. The van der Waals surface area contributed by atoms with Crippen LogP contribution in [0.2, 0.25) is 0 Å². The Morgan fingerprint density at radius 2 is 1.97 bits per heavy atom. The van der Waals surface area contributed by atoms with Crippen molar-refractivity contribution in [3.8, 4) is 0 Å². The summed E-state index contributed by atoms with van der Waals surface area (Å²) in [6, 6.07) is 6.36. The minimum atomic E-state index is 0.649. The molecule has 3 heterocycles. The van der Waals surface area contributed by atoms with E-state index in [0.29, 0.717) is 6.54 Å². The van der Waals surface area contributed by atoms with Crippen molar-refractivity contribution in [1.29, 1.82) is 0 Å². The summed E-state index contributed by atoms with van der Waals surface area (Å²) in [7, 11) is 0. The Bertz CT molecular complexity index is 790. The van der Waals surface area contributed by atoms with Crippen LogP contribution in [0, 0.1) is 13.8 Å². The molecule has 0 atom stereocenters. The van der Waals surface area contributed by atoms with Crippen LogP contribution in [-0.4, -0.2) is 46.9 Å². The van der Waals surface area contributed by atoms with Gasteiger partial charge in [0.05, 0.1) is 12.2 Å². The van der Waals surface area contributed by atoms with Crippen LogP contribution in [0.5, 0.6) is 0 Å². The number of piperidine rings is 1. The molecule has 7 heteroatoms. The molecule has 0 saturated carbocycles. The van der Waals surface area contributed by atoms with E-state index in [2.05, 4.69) is 62.3 Å². The molecule has 1 aliphatic rings. The fourth-order valence-electron chi connectivity index (χ4n) is 3.70. The third kappa shape index (κ3) is 6.48. The van der Waals surface area contributed by atoms with Crippen molar-refractivity contribution >= 4 is 11.8 Å². The first-order chi connectivity index (χ1) is 14.2. The standard InChI is InChI=1S/C22H35N7/c1-4-23-22(25-10-8-14-29-19(3)15-18(2)27-29)26-17-20-9-11-24-21(16-20)28-12-6-5-7-13-28/h9,11,15-16H,4-8,10,12-14,17H2,1-3H3,(H2,23,25,26). The average molecular weight is 398 g/mol. The maximum absolute atomic E-state index is 4.76. The number of guanidine groups is 1. The van der Waals surface area contributed by atoms with E-state index in [-0.39, 0.29) is 0 Å². The molecule has 1 fully saturated rings. The fraction of sp³-hybridized carbons (Fsp3) is 0.591. The number of nitrogens with one attached hydrogen (secondary N) is 2. The number of hydrogen-bond acceptors (Lipinski definition) is 4. The molecule has 0 unspecified atom stereocenters. The zero-order valence-electron chi connectivity index (χ0n) is 18.1. The van der Waals surface area contributed by atoms with E-state index in [1.165, 1.54) is 30.5 Å². The number of aromatic nitrogens is 3. The number of hydrogen-bond donors (Lipinski definition) is 2. The predicted octanol–water partition coefficient (Wildman–Crippen LogP) is 3.03. The van der Waals surface area contributed by atoms with Gasteiger partial charge in [-0.25, -0.2) is 9.98 Å². The molecule has 2 aromatic rings. The van der Waals surface area contributed by atoms with Gasteiger partial charge < -0.3 is 15.5 Å². The van der Waals surface area contributed by atoms with Gasteiger partial charge in [-0.15, -0.1) is 0 Å². The summed E-state index contributed by atoms with van der Waals surface area (Å²) < 4.78 is 2.07. The van der Waals surface area contributed by atoms with Gasteiger partial charge in [-0.2, -0.15) is 5.10 Å². The summed E-state index contributed by atoms with van der Waals surface area (Å²) in [6.45, 7) is 11.7. The summed E-state index contributed by atoms with van der Waals surface area (Å²) in [4.78, 5) is 11.7. The molecule has 0 amide bonds. The van der Waals surface area contributed by atoms with Gasteiger partial charge in [-0.3, -0.25) is 4.68 Å². The SMILES string of the molecule is CCNC(=NCc1ccnc(N2CCCCC2)c1)NCCCn1nc(C)cc1C. The maximum Gasteiger partial charge on any atom is 0.191 e. The van der Waals surface area contributed by atoms with Crippen molar-refractivity contribution in [1.82, 2.24) is 25.4 Å². The first-order valence-electron chi connectivity index (χ1n) is 10.9. The van der Waals surface area contributed by atoms with Crippen LogP contribution in [-0.2, 0) is 13.1 Å². The van der Waals surface area contributed by atoms with Gasteiger partial charge in [0.1, 0.15) is 5.82 Å². The zero-order valence-corrected chi connectivity index (χ0v) is 18.1. The molecule has 3 rings (SSSR count). The first kappa shape index (κ1) is 21.1. The number of nitrogens with zero attached hydrogens (tertiary/aromatic N) is 5. The van der Waals surface area contributed by atoms with E-state index in [0.717, 1.165) is 56.6 Å². The van der Waals surface area contributed by atoms with Crippen LogP contribution >= 0.6 is 0 Å². The molecule has 29 heavy (non-hydrogen) atoms. The number of aryl methyl sites for hydroxylation is 3. The van der Waals surface area contributed by atoms with Gasteiger partial charge in [-0.1, -0.05) is 0 Å². The summed E-state index contributed by atoms with van der Waals surface area (Å²) in [5.41, 5.74) is 3.48. The van der Waals surface area contributed by atoms with E-state index >= 15 is 0 Å². The van der Waals surface area contributed by atoms with Crippen LogP contribution in [0.4, 0.5) is 5.82 Å². The summed E-state index contributed by atoms with van der Waals surface area (Å²) in [6.07, 6.45) is 6.76. The Labute approximate surface area is 174 Å². The smallest absolute Gasteiger partial charge is 0.191 e. The molecular weight excluding hydrogens is 362 g/mol. The van der Waals surface area contributed by atoms with Crippen molar-refractivity contribution in [2.45, 2.75) is 59.5 Å². The van der Waals surface area contributed by atoms with E-state index in [4.69, 9.17) is 4.99 Å². The zero-order chi connectivity index (χ0) is 20.5. The van der Waals surface area contributed by atoms with Crippen molar-refractivity contribution in [3.63, 3.8) is 0 Å². The Kier molecular flexibility index (Phi) is 7.90. The van der Waals surface area contributed by atoms with Crippen molar-refractivity contribution < 1.29 is 0 Å². The van der Waals surface area contributed by atoms with Gasteiger partial charge >= 0.3 is 0 Å². The number of aliphatic imine (C=N–C) groups is 1. The number of anilines is 1. The average Bonchev–Trinajstić information content (AvgIpc) is 3.07. The van der Waals surface area contributed by atoms with E-state index in [1.54, 1.807) is 0 Å². The van der Waals surface area contributed by atoms with Crippen LogP contribution in [0.3, 0.4) is 0 Å². The molecule has 1 aliphatic heterocycles. The second-order valence-electron chi connectivity index (χ2n) is 7.70. The highest BCUT2D eigenvalue weighted by molar-refractivity contribution is 5.79. The fourth-order valence-corrected chi connectivity index (χ4v) is 3.70. The van der Waals surface area contributed by atoms with Crippen molar-refractivity contribution in [2.75, 3.05) is 31.1 Å². The molecule has 0 bridgehead atoms. The number of rotatable bonds is 8. The second kappa shape index (κ2) is 10.8. The predicted molar refractivity (Wildman–Crippen MR) is 119 cm³/mol. The topological polar surface area (TPSA) is 70.4 Å². The molecule has 2 N–H and O–H groups in total. The molecule has 158 valence electrons. The van der Waals surface area contributed by atoms with E-state index < -0.39 is 0 Å². The van der Waals surface area contributed by atoms with Gasteiger partial charge in [0, 0.05) is 44.6 Å². The van der Waals surface area contributed by atoms with Crippen LogP contribution < -0.4 is 15.5 Å². The lowest BCUT2D eigenvalue weighted by molar-refractivity contribution is 0.555. The van der Waals surface area contributed by atoms with Crippen LogP contribution in [0.15, 0.2) is 29.4 Å². The van der Waals surface area contributed by atoms with Crippen LogP contribution in [0.1, 0.15) is 49.6 Å². The molecule has 0 spiro atoms. The third-order valence-electron chi connectivity index (χ3n) is 5.20. The largest absolute Gasteiger partial charge is 0.357 e. The summed E-state index contributed by atoms with van der Waals surface area (Å²) in [5, 5.41) is 11.3. The second-order valence-corrected chi connectivity index (χ2v) is 7.70. The highest BCUT2D eigenvalue weighted by Crippen LogP contribution is 2.18. The summed E-state index contributed by atoms with van der Waals surface area (Å²) >= 11 is 0. The molecule has 0 radical (unpaired) electrons. The molecular formula is C22H35N7. The van der Waals surface area contributed by atoms with Gasteiger partial charge in [-0.05, 0) is 70.2 Å². The highest BCUT2D eigenvalue weighted by Gasteiger charge is 2.12. The van der Waals surface area contributed by atoms with E-state index in [1.807, 2.05) is 13.1 Å². The van der Waals surface area contributed by atoms with Gasteiger partial charge in [0.25, 0.3) is 0 Å². The highest BCUT2D eigenvalue weighted by atomic mass is 15.3. The van der Waals surface area contributed by atoms with Crippen molar-refractivity contribution in [3.05, 3.63) is 41.3 Å². The monoisotopic (exact) mass is 397 g/mol. The molecule has 0 aromatic carbocycles. The minimum absolute atomic E-state index is 0.649. The minimum Gasteiger partial charge on any atom is -0.357 e. The number of pyridine rings is 1. The third-order valence-corrected chi connectivity index (χ3v) is 5.20. The van der Waals surface area contributed by atoms with Gasteiger partial charge in [0.15, 0.2) is 5.96 Å². The molecule has 1 saturated heterocycles. The van der Waals surface area contributed by atoms with E-state index in [9.17, 15) is 0 Å². The molecule has 0 aliphatic carbocycles. The van der Waals surface area contributed by atoms with Gasteiger partial charge in [0.2, 0.25) is 0 Å². The Morgan fingerprint density at radius 3 is 2.69 bits per heavy atom. The van der Waals surface area contributed by atoms with Crippen molar-refractivity contribution in [2.24, 2.45) is 4.99 Å². The quantitative estimate of drug-likeness (QED) is 0.407. The first-order valence-corrected chi connectivity index (χ1v) is 10.9. The lowest BCUT2D eigenvalue weighted by Gasteiger charge is -2.27. The normalized spacial score (nSPS) is 14.9.